The van der Waals surface area contributed by atoms with E-state index < -0.39 is 12.1 Å². The van der Waals surface area contributed by atoms with Crippen LogP contribution in [-0.4, -0.2) is 34.9 Å². The predicted octanol–water partition coefficient (Wildman–Crippen LogP) is 13.8. The molecule has 4 nitrogen and oxygen atoms in total. The van der Waals surface area contributed by atoms with Gasteiger partial charge in [-0.15, -0.1) is 0 Å². The molecule has 4 heteroatoms. The summed E-state index contributed by atoms with van der Waals surface area (Å²) in [5, 5.41) is 22.9. The van der Waals surface area contributed by atoms with Gasteiger partial charge in [0.25, 0.3) is 0 Å². The Bertz CT molecular complexity index is 760. The number of aliphatic hydroxyl groups excluding tert-OH is 2. The number of hydrogen-bond donors (Lipinski definition) is 3. The molecule has 0 bridgehead atoms. The van der Waals surface area contributed by atoms with Crippen LogP contribution in [0.5, 0.6) is 0 Å². The molecule has 0 radical (unpaired) electrons. The molecule has 0 saturated heterocycles. The number of nitrogens with one attached hydrogen (secondary N) is 1. The normalized spacial score (nSPS) is 13.3. The van der Waals surface area contributed by atoms with E-state index in [4.69, 9.17) is 0 Å². The maximum atomic E-state index is 12.3. The van der Waals surface area contributed by atoms with Gasteiger partial charge in [0.15, 0.2) is 0 Å². The van der Waals surface area contributed by atoms with Crippen LogP contribution in [0.25, 0.3) is 0 Å². The highest BCUT2D eigenvalue weighted by molar-refractivity contribution is 5.76. The van der Waals surface area contributed by atoms with Gasteiger partial charge in [0.05, 0.1) is 18.8 Å². The van der Waals surface area contributed by atoms with Crippen LogP contribution in [-0.2, 0) is 4.79 Å². The highest BCUT2D eigenvalue weighted by Crippen LogP contribution is 2.15. The molecule has 2 unspecified atom stereocenters. The molecule has 0 aliphatic rings. The number of allylic oxidation sites excluding steroid dienone is 5. The number of amides is 1. The fourth-order valence-electron chi connectivity index (χ4n) is 6.68. The molecular formula is C46H87NO3. The summed E-state index contributed by atoms with van der Waals surface area (Å²) < 4.78 is 0. The van der Waals surface area contributed by atoms with E-state index in [-0.39, 0.29) is 12.5 Å². The van der Waals surface area contributed by atoms with Gasteiger partial charge in [-0.2, -0.15) is 0 Å². The second-order valence-electron chi connectivity index (χ2n) is 15.1. The summed E-state index contributed by atoms with van der Waals surface area (Å²) in [5.74, 6) is -0.0782. The second kappa shape index (κ2) is 42.0. The molecule has 0 aromatic heterocycles. The van der Waals surface area contributed by atoms with Gasteiger partial charge in [-0.3, -0.25) is 4.79 Å². The molecule has 0 rings (SSSR count). The van der Waals surface area contributed by atoms with E-state index >= 15 is 0 Å². The zero-order chi connectivity index (χ0) is 36.4. The molecule has 0 aliphatic heterocycles. The molecule has 0 aromatic carbocycles. The van der Waals surface area contributed by atoms with Gasteiger partial charge in [-0.25, -0.2) is 0 Å². The van der Waals surface area contributed by atoms with E-state index in [9.17, 15) is 15.0 Å². The van der Waals surface area contributed by atoms with Crippen LogP contribution in [0, 0.1) is 0 Å². The van der Waals surface area contributed by atoms with Crippen molar-refractivity contribution < 1.29 is 15.0 Å². The van der Waals surface area contributed by atoms with Crippen molar-refractivity contribution in [2.24, 2.45) is 0 Å². The van der Waals surface area contributed by atoms with Gasteiger partial charge in [0.1, 0.15) is 0 Å². The third kappa shape index (κ3) is 37.9. The number of hydrogen-bond acceptors (Lipinski definition) is 3. The average molecular weight is 702 g/mol. The average Bonchev–Trinajstić information content (AvgIpc) is 3.12. The maximum Gasteiger partial charge on any atom is 0.220 e. The summed E-state index contributed by atoms with van der Waals surface area (Å²) in [4.78, 5) is 12.3. The molecule has 2 atom stereocenters. The predicted molar refractivity (Wildman–Crippen MR) is 221 cm³/mol. The monoisotopic (exact) mass is 702 g/mol. The third-order valence-electron chi connectivity index (χ3n) is 10.1. The van der Waals surface area contributed by atoms with Crippen LogP contribution in [0.3, 0.4) is 0 Å². The molecule has 3 N–H and O–H groups in total. The Morgan fingerprint density at radius 1 is 0.460 bits per heavy atom. The summed E-state index contributed by atoms with van der Waals surface area (Å²) >= 11 is 0. The lowest BCUT2D eigenvalue weighted by molar-refractivity contribution is -0.123. The Morgan fingerprint density at radius 3 is 1.16 bits per heavy atom. The van der Waals surface area contributed by atoms with Crippen molar-refractivity contribution in [2.75, 3.05) is 6.61 Å². The maximum absolute atomic E-state index is 12.3. The van der Waals surface area contributed by atoms with Gasteiger partial charge in [-0.05, 0) is 44.9 Å². The lowest BCUT2D eigenvalue weighted by atomic mass is 10.0. The Balaban J connectivity index is 3.59. The Kier molecular flexibility index (Phi) is 40.9. The van der Waals surface area contributed by atoms with Crippen molar-refractivity contribution >= 4 is 5.91 Å². The zero-order valence-corrected chi connectivity index (χ0v) is 33.7. The molecule has 1 amide bonds. The lowest BCUT2D eigenvalue weighted by Crippen LogP contribution is -2.45. The highest BCUT2D eigenvalue weighted by atomic mass is 16.3. The Labute approximate surface area is 312 Å². The zero-order valence-electron chi connectivity index (χ0n) is 33.7. The molecule has 0 aliphatic carbocycles. The fraction of sp³-hybridized carbons (Fsp3) is 0.848. The van der Waals surface area contributed by atoms with Crippen molar-refractivity contribution in [3.8, 4) is 0 Å². The minimum atomic E-state index is -0.866. The minimum absolute atomic E-state index is 0.0782. The summed E-state index contributed by atoms with van der Waals surface area (Å²) in [5.41, 5.74) is 0. The first-order chi connectivity index (χ1) is 24.7. The Hall–Kier alpha value is -1.39. The first-order valence-electron chi connectivity index (χ1n) is 22.2. The summed E-state index contributed by atoms with van der Waals surface area (Å²) in [6, 6.07) is -0.641. The van der Waals surface area contributed by atoms with Gasteiger partial charge in [0.2, 0.25) is 5.91 Å². The van der Waals surface area contributed by atoms with Crippen LogP contribution < -0.4 is 5.32 Å². The highest BCUT2D eigenvalue weighted by Gasteiger charge is 2.17. The lowest BCUT2D eigenvalue weighted by Gasteiger charge is -2.19. The van der Waals surface area contributed by atoms with Crippen molar-refractivity contribution in [2.45, 2.75) is 244 Å². The number of rotatable bonds is 40. The summed E-state index contributed by atoms with van der Waals surface area (Å²) in [6.07, 6.45) is 55.5. The molecule has 0 spiro atoms. The SMILES string of the molecule is CCCCCCCCCCCCCCCCCC/C=C/CC/C=C/CC/C=C/C(O)C(CO)NC(=O)CCCCCCCCCCCCCC. The summed E-state index contributed by atoms with van der Waals surface area (Å²) in [6.45, 7) is 4.29. The minimum Gasteiger partial charge on any atom is -0.394 e. The quantitative estimate of drug-likeness (QED) is 0.0440. The van der Waals surface area contributed by atoms with E-state index in [1.807, 2.05) is 6.08 Å². The van der Waals surface area contributed by atoms with Crippen LogP contribution in [0.4, 0.5) is 0 Å². The smallest absolute Gasteiger partial charge is 0.220 e. The van der Waals surface area contributed by atoms with E-state index in [0.29, 0.717) is 6.42 Å². The largest absolute Gasteiger partial charge is 0.394 e. The van der Waals surface area contributed by atoms with E-state index in [2.05, 4.69) is 43.5 Å². The van der Waals surface area contributed by atoms with E-state index in [1.165, 1.54) is 173 Å². The molecule has 0 heterocycles. The third-order valence-corrected chi connectivity index (χ3v) is 10.1. The van der Waals surface area contributed by atoms with Crippen LogP contribution in [0.1, 0.15) is 232 Å². The van der Waals surface area contributed by atoms with Crippen molar-refractivity contribution in [1.82, 2.24) is 5.32 Å². The first kappa shape index (κ1) is 48.6. The van der Waals surface area contributed by atoms with Gasteiger partial charge < -0.3 is 15.5 Å². The van der Waals surface area contributed by atoms with Crippen molar-refractivity contribution in [3.63, 3.8) is 0 Å². The number of aliphatic hydroxyl groups is 2. The van der Waals surface area contributed by atoms with Gasteiger partial charge >= 0.3 is 0 Å². The molecule has 294 valence electrons. The number of unbranched alkanes of at least 4 members (excludes halogenated alkanes) is 29. The van der Waals surface area contributed by atoms with E-state index in [0.717, 1.165) is 38.5 Å². The first-order valence-corrected chi connectivity index (χ1v) is 22.2. The fourth-order valence-corrected chi connectivity index (χ4v) is 6.68. The number of carbonyl (C=O) groups excluding carboxylic acids is 1. The summed E-state index contributed by atoms with van der Waals surface area (Å²) in [7, 11) is 0. The van der Waals surface area contributed by atoms with E-state index in [1.54, 1.807) is 6.08 Å². The van der Waals surface area contributed by atoms with Crippen LogP contribution in [0.2, 0.25) is 0 Å². The van der Waals surface area contributed by atoms with Crippen molar-refractivity contribution in [1.29, 1.82) is 0 Å². The van der Waals surface area contributed by atoms with Gasteiger partial charge in [0, 0.05) is 6.42 Å². The second-order valence-corrected chi connectivity index (χ2v) is 15.1. The number of carbonyl (C=O) groups is 1. The van der Waals surface area contributed by atoms with Crippen molar-refractivity contribution in [3.05, 3.63) is 36.5 Å². The topological polar surface area (TPSA) is 69.6 Å². The molecule has 50 heavy (non-hydrogen) atoms. The Morgan fingerprint density at radius 2 is 0.780 bits per heavy atom. The molecule has 0 fully saturated rings. The molecule has 0 aromatic rings. The van der Waals surface area contributed by atoms with Crippen LogP contribution >= 0.6 is 0 Å². The van der Waals surface area contributed by atoms with Crippen LogP contribution in [0.15, 0.2) is 36.5 Å². The standard InChI is InChI=1S/C46H87NO3/c1-3-5-7-9-11-13-15-17-18-19-20-21-22-23-24-25-26-27-28-29-30-31-33-35-37-39-41-45(49)44(43-48)47-46(50)42-40-38-36-34-32-16-14-12-10-8-6-4-2/h27-28,31,33,39,41,44-45,48-49H,3-26,29-30,32,34-38,40,42-43H2,1-2H3,(H,47,50)/b28-27+,33-31+,41-39+. The molecular weight excluding hydrogens is 615 g/mol. The van der Waals surface area contributed by atoms with Gasteiger partial charge in [-0.1, -0.05) is 217 Å². The molecule has 0 saturated carbocycles.